The minimum atomic E-state index is -1.25. The molecule has 8 heteroatoms. The Hall–Kier alpha value is -2.64. The Morgan fingerprint density at radius 2 is 1.80 bits per heavy atom. The van der Waals surface area contributed by atoms with Gasteiger partial charge in [0.05, 0.1) is 17.3 Å². The van der Waals surface area contributed by atoms with E-state index in [0.29, 0.717) is 17.1 Å². The lowest BCUT2D eigenvalue weighted by Crippen LogP contribution is -2.00. The number of H-pyrrole nitrogens is 1. The van der Waals surface area contributed by atoms with Gasteiger partial charge < -0.3 is 5.32 Å². The van der Waals surface area contributed by atoms with Crippen molar-refractivity contribution in [3.8, 4) is 11.3 Å². The molecule has 2 aromatic heterocycles. The topological polar surface area (TPSA) is 66.5 Å². The standard InChI is InChI=1S/C12H8F3N5/c1-16-12-18-10(6-4-17-20-11(6)19-12)5-2-8(14)9(15)3-7(5)13/h2-4H,1H3,(H2,16,17,18,19,20). The molecular weight excluding hydrogens is 271 g/mol. The summed E-state index contributed by atoms with van der Waals surface area (Å²) in [6, 6.07) is 1.25. The predicted octanol–water partition coefficient (Wildman–Crippen LogP) is 2.48. The number of hydrogen-bond acceptors (Lipinski definition) is 4. The number of fused-ring (bicyclic) bond motifs is 1. The average Bonchev–Trinajstić information content (AvgIpc) is 2.90. The van der Waals surface area contributed by atoms with E-state index in [1.54, 1.807) is 7.05 Å². The quantitative estimate of drug-likeness (QED) is 0.707. The van der Waals surface area contributed by atoms with Crippen molar-refractivity contribution in [3.05, 3.63) is 35.8 Å². The van der Waals surface area contributed by atoms with E-state index in [9.17, 15) is 13.2 Å². The summed E-state index contributed by atoms with van der Waals surface area (Å²) in [5.41, 5.74) is 0.335. The molecule has 1 aromatic carbocycles. The molecule has 0 unspecified atom stereocenters. The molecule has 20 heavy (non-hydrogen) atoms. The van der Waals surface area contributed by atoms with Gasteiger partial charge in [0.1, 0.15) is 5.82 Å². The molecule has 0 radical (unpaired) electrons. The summed E-state index contributed by atoms with van der Waals surface area (Å²) < 4.78 is 40.2. The van der Waals surface area contributed by atoms with Crippen molar-refractivity contribution in [2.45, 2.75) is 0 Å². The second-order valence-corrected chi connectivity index (χ2v) is 4.02. The number of benzene rings is 1. The molecule has 5 nitrogen and oxygen atoms in total. The number of anilines is 1. The first-order valence-corrected chi connectivity index (χ1v) is 5.64. The van der Waals surface area contributed by atoms with Gasteiger partial charge in [0, 0.05) is 18.7 Å². The minimum absolute atomic E-state index is 0.129. The Labute approximate surface area is 110 Å². The van der Waals surface area contributed by atoms with Crippen LogP contribution in [0.1, 0.15) is 0 Å². The van der Waals surface area contributed by atoms with E-state index in [1.807, 2.05) is 0 Å². The van der Waals surface area contributed by atoms with Crippen LogP contribution in [-0.2, 0) is 0 Å². The second kappa shape index (κ2) is 4.48. The number of halogens is 3. The molecule has 3 aromatic rings. The Bertz CT molecular complexity index is 799. The third-order valence-corrected chi connectivity index (χ3v) is 2.80. The third-order valence-electron chi connectivity index (χ3n) is 2.80. The monoisotopic (exact) mass is 279 g/mol. The molecule has 2 N–H and O–H groups in total. The highest BCUT2D eigenvalue weighted by atomic mass is 19.2. The first-order chi connectivity index (χ1) is 9.60. The number of hydrogen-bond donors (Lipinski definition) is 2. The summed E-state index contributed by atoms with van der Waals surface area (Å²) in [5, 5.41) is 9.52. The lowest BCUT2D eigenvalue weighted by Gasteiger charge is -2.07. The van der Waals surface area contributed by atoms with E-state index in [4.69, 9.17) is 0 Å². The summed E-state index contributed by atoms with van der Waals surface area (Å²) in [6.45, 7) is 0. The lowest BCUT2D eigenvalue weighted by molar-refractivity contribution is 0.496. The second-order valence-electron chi connectivity index (χ2n) is 4.02. The lowest BCUT2D eigenvalue weighted by atomic mass is 10.1. The van der Waals surface area contributed by atoms with Gasteiger partial charge in [-0.1, -0.05) is 0 Å². The first kappa shape index (κ1) is 12.4. The number of nitrogens with one attached hydrogen (secondary N) is 2. The molecule has 0 aliphatic heterocycles. The smallest absolute Gasteiger partial charge is 0.225 e. The fraction of sp³-hybridized carbons (Fsp3) is 0.0833. The molecule has 0 fully saturated rings. The number of aromatic amines is 1. The van der Waals surface area contributed by atoms with Crippen LogP contribution in [0.4, 0.5) is 19.1 Å². The van der Waals surface area contributed by atoms with Crippen LogP contribution >= 0.6 is 0 Å². The summed E-state index contributed by atoms with van der Waals surface area (Å²) >= 11 is 0. The molecule has 0 aliphatic carbocycles. The van der Waals surface area contributed by atoms with Gasteiger partial charge in [0.15, 0.2) is 17.3 Å². The van der Waals surface area contributed by atoms with Gasteiger partial charge in [-0.15, -0.1) is 0 Å². The molecule has 0 bridgehead atoms. The van der Waals surface area contributed by atoms with Crippen LogP contribution in [0.25, 0.3) is 22.3 Å². The number of nitrogens with zero attached hydrogens (tertiary/aromatic N) is 3. The van der Waals surface area contributed by atoms with E-state index >= 15 is 0 Å². The van der Waals surface area contributed by atoms with Crippen LogP contribution in [0.2, 0.25) is 0 Å². The van der Waals surface area contributed by atoms with Gasteiger partial charge in [-0.3, -0.25) is 5.10 Å². The first-order valence-electron chi connectivity index (χ1n) is 5.64. The van der Waals surface area contributed by atoms with Crippen molar-refractivity contribution in [1.29, 1.82) is 0 Å². The van der Waals surface area contributed by atoms with Crippen molar-refractivity contribution in [3.63, 3.8) is 0 Å². The van der Waals surface area contributed by atoms with Gasteiger partial charge in [-0.2, -0.15) is 10.1 Å². The normalized spacial score (nSPS) is 11.0. The summed E-state index contributed by atoms with van der Waals surface area (Å²) in [7, 11) is 1.59. The highest BCUT2D eigenvalue weighted by Gasteiger charge is 2.17. The highest BCUT2D eigenvalue weighted by Crippen LogP contribution is 2.29. The van der Waals surface area contributed by atoms with Crippen molar-refractivity contribution < 1.29 is 13.2 Å². The number of aromatic nitrogens is 4. The van der Waals surface area contributed by atoms with E-state index in [2.05, 4.69) is 25.5 Å². The van der Waals surface area contributed by atoms with Gasteiger partial charge in [-0.05, 0) is 6.07 Å². The van der Waals surface area contributed by atoms with Crippen LogP contribution in [0.5, 0.6) is 0 Å². The molecule has 102 valence electrons. The molecular formula is C12H8F3N5. The van der Waals surface area contributed by atoms with Crippen molar-refractivity contribution >= 4 is 17.0 Å². The van der Waals surface area contributed by atoms with Gasteiger partial charge >= 0.3 is 0 Å². The zero-order valence-electron chi connectivity index (χ0n) is 10.2. The highest BCUT2D eigenvalue weighted by molar-refractivity contribution is 5.90. The summed E-state index contributed by atoms with van der Waals surface area (Å²) in [5.74, 6) is -3.10. The summed E-state index contributed by atoms with van der Waals surface area (Å²) in [4.78, 5) is 8.16. The maximum absolute atomic E-state index is 13.9. The molecule has 0 saturated carbocycles. The Kier molecular flexibility index (Phi) is 2.78. The maximum atomic E-state index is 13.9. The van der Waals surface area contributed by atoms with E-state index in [1.165, 1.54) is 6.20 Å². The molecule has 0 spiro atoms. The van der Waals surface area contributed by atoms with Crippen LogP contribution < -0.4 is 5.32 Å². The Balaban J connectivity index is 2.33. The molecule has 0 atom stereocenters. The van der Waals surface area contributed by atoms with Crippen LogP contribution in [-0.4, -0.2) is 27.2 Å². The molecule has 0 amide bonds. The van der Waals surface area contributed by atoms with Gasteiger partial charge in [0.25, 0.3) is 0 Å². The van der Waals surface area contributed by atoms with Crippen LogP contribution in [0.3, 0.4) is 0 Å². The van der Waals surface area contributed by atoms with Crippen LogP contribution in [0, 0.1) is 17.5 Å². The number of rotatable bonds is 2. The average molecular weight is 279 g/mol. The Morgan fingerprint density at radius 1 is 1.05 bits per heavy atom. The summed E-state index contributed by atoms with van der Waals surface area (Å²) in [6.07, 6.45) is 1.39. The zero-order chi connectivity index (χ0) is 14.3. The van der Waals surface area contributed by atoms with Crippen LogP contribution in [0.15, 0.2) is 18.3 Å². The van der Waals surface area contributed by atoms with Crippen molar-refractivity contribution in [1.82, 2.24) is 20.2 Å². The fourth-order valence-electron chi connectivity index (χ4n) is 1.86. The third kappa shape index (κ3) is 1.85. The molecule has 0 saturated heterocycles. The maximum Gasteiger partial charge on any atom is 0.225 e. The van der Waals surface area contributed by atoms with E-state index < -0.39 is 17.5 Å². The molecule has 3 rings (SSSR count). The molecule has 2 heterocycles. The van der Waals surface area contributed by atoms with E-state index in [0.717, 1.165) is 6.07 Å². The SMILES string of the molecule is CNc1nc(-c2cc(F)c(F)cc2F)c2cn[nH]c2n1. The van der Waals surface area contributed by atoms with Crippen molar-refractivity contribution in [2.24, 2.45) is 0 Å². The fourth-order valence-corrected chi connectivity index (χ4v) is 1.86. The van der Waals surface area contributed by atoms with Gasteiger partial charge in [0.2, 0.25) is 5.95 Å². The Morgan fingerprint density at radius 3 is 2.55 bits per heavy atom. The van der Waals surface area contributed by atoms with E-state index in [-0.39, 0.29) is 17.2 Å². The largest absolute Gasteiger partial charge is 0.357 e. The predicted molar refractivity (Wildman–Crippen MR) is 66.5 cm³/mol. The minimum Gasteiger partial charge on any atom is -0.357 e. The van der Waals surface area contributed by atoms with Crippen molar-refractivity contribution in [2.75, 3.05) is 12.4 Å². The zero-order valence-corrected chi connectivity index (χ0v) is 10.2. The van der Waals surface area contributed by atoms with Gasteiger partial charge in [-0.25, -0.2) is 18.2 Å². The molecule has 0 aliphatic rings.